The third-order valence-electron chi connectivity index (χ3n) is 5.53. The zero-order valence-electron chi connectivity index (χ0n) is 15.0. The maximum Gasteiger partial charge on any atom is 0.161 e. The van der Waals surface area contributed by atoms with Crippen LogP contribution < -0.4 is 4.74 Å². The third-order valence-corrected chi connectivity index (χ3v) is 5.77. The topological polar surface area (TPSA) is 55.7 Å². The van der Waals surface area contributed by atoms with E-state index >= 15 is 0 Å². The van der Waals surface area contributed by atoms with Gasteiger partial charge in [-0.15, -0.1) is 6.42 Å². The smallest absolute Gasteiger partial charge is 0.161 e. The van der Waals surface area contributed by atoms with Crippen molar-refractivity contribution in [2.24, 2.45) is 10.9 Å². The third kappa shape index (κ3) is 3.21. The van der Waals surface area contributed by atoms with Crippen LogP contribution in [-0.2, 0) is 9.59 Å². The molecule has 0 bridgehead atoms. The van der Waals surface area contributed by atoms with E-state index in [9.17, 15) is 9.59 Å². The van der Waals surface area contributed by atoms with E-state index in [0.29, 0.717) is 29.2 Å². The number of benzene rings is 1. The van der Waals surface area contributed by atoms with Crippen LogP contribution in [0.15, 0.2) is 34.5 Å². The molecule has 4 nitrogen and oxygen atoms in total. The number of allylic oxidation sites excluding steroid dienone is 2. The zero-order valence-corrected chi connectivity index (χ0v) is 15.7. The second-order valence-corrected chi connectivity index (χ2v) is 7.63. The fourth-order valence-corrected chi connectivity index (χ4v) is 4.63. The Morgan fingerprint density at radius 3 is 2.78 bits per heavy atom. The molecule has 1 heterocycles. The van der Waals surface area contributed by atoms with Crippen molar-refractivity contribution in [3.63, 3.8) is 0 Å². The lowest BCUT2D eigenvalue weighted by atomic mass is 9.67. The van der Waals surface area contributed by atoms with E-state index in [4.69, 9.17) is 27.8 Å². The molecule has 0 aromatic heterocycles. The van der Waals surface area contributed by atoms with Gasteiger partial charge in [-0.2, -0.15) is 0 Å². The maximum atomic E-state index is 12.9. The van der Waals surface area contributed by atoms with Crippen molar-refractivity contribution in [2.45, 2.75) is 44.4 Å². The molecule has 4 rings (SSSR count). The first-order valence-electron chi connectivity index (χ1n) is 9.32. The van der Waals surface area contributed by atoms with Crippen molar-refractivity contribution in [1.29, 1.82) is 0 Å². The molecule has 1 saturated carbocycles. The van der Waals surface area contributed by atoms with Gasteiger partial charge in [0.2, 0.25) is 0 Å². The van der Waals surface area contributed by atoms with Gasteiger partial charge in [-0.3, -0.25) is 14.6 Å². The predicted octanol–water partition coefficient (Wildman–Crippen LogP) is 4.27. The minimum atomic E-state index is -0.411. The maximum absolute atomic E-state index is 12.9. The number of Topliss-reactive ketones (excluding diaryl/α,β-unsaturated/α-hetero) is 2. The van der Waals surface area contributed by atoms with Crippen molar-refractivity contribution >= 4 is 28.9 Å². The number of halogens is 1. The molecule has 1 aromatic rings. The Morgan fingerprint density at radius 1 is 1.15 bits per heavy atom. The van der Waals surface area contributed by atoms with Gasteiger partial charge in [-0.25, -0.2) is 0 Å². The molecular formula is C22H20ClNO3. The van der Waals surface area contributed by atoms with E-state index in [2.05, 4.69) is 5.92 Å². The van der Waals surface area contributed by atoms with E-state index in [1.54, 1.807) is 18.2 Å². The normalized spacial score (nSPS) is 24.7. The van der Waals surface area contributed by atoms with Crippen molar-refractivity contribution < 1.29 is 14.3 Å². The first-order valence-corrected chi connectivity index (χ1v) is 9.70. The molecule has 27 heavy (non-hydrogen) atoms. The highest BCUT2D eigenvalue weighted by molar-refractivity contribution is 6.30. The molecule has 5 heteroatoms. The molecule has 0 N–H and O–H groups in total. The van der Waals surface area contributed by atoms with Crippen LogP contribution in [0.5, 0.6) is 5.75 Å². The van der Waals surface area contributed by atoms with Crippen molar-refractivity contribution in [3.8, 4) is 18.1 Å². The standard InChI is InChI=1S/C22H20ClNO3/c1-2-11-27-19-10-9-13(23)12-14(19)20-21-15(5-3-7-17(21)25)24-16-6-4-8-18(26)22(16)20/h1,9-10,12,20-21H,3-8,11H2/t20-,21+/m0/s1. The molecule has 1 aliphatic heterocycles. The summed E-state index contributed by atoms with van der Waals surface area (Å²) in [5.74, 6) is 2.45. The second kappa shape index (κ2) is 7.32. The second-order valence-electron chi connectivity index (χ2n) is 7.19. The van der Waals surface area contributed by atoms with Crippen molar-refractivity contribution in [2.75, 3.05) is 6.61 Å². The first kappa shape index (κ1) is 18.0. The Hall–Kier alpha value is -2.38. The molecule has 138 valence electrons. The Kier molecular flexibility index (Phi) is 4.88. The molecule has 2 atom stereocenters. The molecule has 0 saturated heterocycles. The Morgan fingerprint density at radius 2 is 1.96 bits per heavy atom. The number of hydrogen-bond donors (Lipinski definition) is 0. The molecule has 3 aliphatic rings. The Labute approximate surface area is 163 Å². The van der Waals surface area contributed by atoms with Crippen LogP contribution in [0, 0.1) is 18.3 Å². The lowest BCUT2D eigenvalue weighted by Gasteiger charge is -2.38. The van der Waals surface area contributed by atoms with Crippen LogP contribution in [0.1, 0.15) is 50.0 Å². The predicted molar refractivity (Wildman–Crippen MR) is 104 cm³/mol. The molecule has 2 aliphatic carbocycles. The summed E-state index contributed by atoms with van der Waals surface area (Å²) in [7, 11) is 0. The van der Waals surface area contributed by atoms with Crippen LogP contribution in [-0.4, -0.2) is 23.9 Å². The minimum Gasteiger partial charge on any atom is -0.481 e. The summed E-state index contributed by atoms with van der Waals surface area (Å²) in [6.45, 7) is 0.112. The number of fused-ring (bicyclic) bond motifs is 1. The van der Waals surface area contributed by atoms with Gasteiger partial charge < -0.3 is 4.74 Å². The summed E-state index contributed by atoms with van der Waals surface area (Å²) >= 11 is 6.28. The van der Waals surface area contributed by atoms with Gasteiger partial charge in [-0.05, 0) is 43.9 Å². The molecular weight excluding hydrogens is 362 g/mol. The highest BCUT2D eigenvalue weighted by Gasteiger charge is 2.45. The minimum absolute atomic E-state index is 0.0744. The van der Waals surface area contributed by atoms with Crippen LogP contribution in [0.25, 0.3) is 0 Å². The highest BCUT2D eigenvalue weighted by Crippen LogP contribution is 2.48. The van der Waals surface area contributed by atoms with E-state index in [-0.39, 0.29) is 24.1 Å². The van der Waals surface area contributed by atoms with E-state index < -0.39 is 5.92 Å². The number of carbonyl (C=O) groups excluding carboxylic acids is 2. The molecule has 0 unspecified atom stereocenters. The summed E-state index contributed by atoms with van der Waals surface area (Å²) in [6.07, 6.45) is 9.53. The van der Waals surface area contributed by atoms with E-state index in [1.165, 1.54) is 0 Å². The number of rotatable bonds is 3. The number of hydrogen-bond acceptors (Lipinski definition) is 4. The zero-order chi connectivity index (χ0) is 19.0. The molecule has 0 amide bonds. The van der Waals surface area contributed by atoms with Gasteiger partial charge in [0.1, 0.15) is 18.1 Å². The van der Waals surface area contributed by atoms with Gasteiger partial charge >= 0.3 is 0 Å². The Balaban J connectivity index is 1.91. The monoisotopic (exact) mass is 381 g/mol. The number of carbonyl (C=O) groups is 2. The van der Waals surface area contributed by atoms with Crippen molar-refractivity contribution in [3.05, 3.63) is 40.1 Å². The summed E-state index contributed by atoms with van der Waals surface area (Å²) in [4.78, 5) is 30.5. The molecule has 0 spiro atoms. The number of aliphatic imine (C=N–C) groups is 1. The number of terminal acetylenes is 1. The lowest BCUT2D eigenvalue weighted by Crippen LogP contribution is -2.39. The highest BCUT2D eigenvalue weighted by atomic mass is 35.5. The largest absolute Gasteiger partial charge is 0.481 e. The van der Waals surface area contributed by atoms with Crippen LogP contribution in [0.2, 0.25) is 5.02 Å². The summed E-state index contributed by atoms with van der Waals surface area (Å²) in [5.41, 5.74) is 3.15. The molecule has 0 radical (unpaired) electrons. The molecule has 1 fully saturated rings. The average Bonchev–Trinajstić information content (AvgIpc) is 2.66. The van der Waals surface area contributed by atoms with Crippen molar-refractivity contribution in [1.82, 2.24) is 0 Å². The number of nitrogens with zero attached hydrogens (tertiary/aromatic N) is 1. The van der Waals surface area contributed by atoms with Crippen LogP contribution in [0.3, 0.4) is 0 Å². The SMILES string of the molecule is C#CCOc1ccc(Cl)cc1[C@@H]1C2=C(CCCC2=O)N=C2CCCC(=O)[C@@H]21. The van der Waals surface area contributed by atoms with Gasteiger partial charge in [0.15, 0.2) is 5.78 Å². The van der Waals surface area contributed by atoms with Crippen LogP contribution >= 0.6 is 11.6 Å². The fourth-order valence-electron chi connectivity index (χ4n) is 4.45. The summed E-state index contributed by atoms with van der Waals surface area (Å²) < 4.78 is 5.74. The lowest BCUT2D eigenvalue weighted by molar-refractivity contribution is -0.122. The number of ether oxygens (including phenoxy) is 1. The number of ketones is 2. The summed E-state index contributed by atoms with van der Waals surface area (Å²) in [6, 6.07) is 5.30. The molecule has 1 aromatic carbocycles. The summed E-state index contributed by atoms with van der Waals surface area (Å²) in [5, 5.41) is 0.538. The van der Waals surface area contributed by atoms with E-state index in [1.807, 2.05) is 0 Å². The van der Waals surface area contributed by atoms with Gasteiger partial charge in [0.05, 0.1) is 5.92 Å². The first-order chi connectivity index (χ1) is 13.1. The van der Waals surface area contributed by atoms with Gasteiger partial charge in [-0.1, -0.05) is 17.5 Å². The van der Waals surface area contributed by atoms with Gasteiger partial charge in [0.25, 0.3) is 0 Å². The van der Waals surface area contributed by atoms with Crippen LogP contribution in [0.4, 0.5) is 0 Å². The quantitative estimate of drug-likeness (QED) is 0.735. The fraction of sp³-hybridized carbons (Fsp3) is 0.409. The van der Waals surface area contributed by atoms with Gasteiger partial charge in [0, 0.05) is 46.3 Å². The van der Waals surface area contributed by atoms with E-state index in [0.717, 1.165) is 42.7 Å². The average molecular weight is 382 g/mol. The Bertz CT molecular complexity index is 922.